The Hall–Kier alpha value is -1.06. The van der Waals surface area contributed by atoms with Crippen LogP contribution in [0.25, 0.3) is 0 Å². The first-order chi connectivity index (χ1) is 5.65. The van der Waals surface area contributed by atoms with Crippen LogP contribution >= 0.6 is 0 Å². The average molecular weight is 171 g/mol. The summed E-state index contributed by atoms with van der Waals surface area (Å²) in [7, 11) is 1.20. The second kappa shape index (κ2) is 3.56. The highest BCUT2D eigenvalue weighted by Crippen LogP contribution is 2.36. The molecule has 0 aromatic carbocycles. The molecule has 0 aromatic heterocycles. The highest BCUT2D eigenvalue weighted by atomic mass is 16.5. The summed E-state index contributed by atoms with van der Waals surface area (Å²) in [6, 6.07) is 0. The molecule has 2 atom stereocenters. The Kier molecular flexibility index (Phi) is 2.68. The number of carbonyl (C=O) groups excluding carboxylic acids is 2. The van der Waals surface area contributed by atoms with E-state index in [0.29, 0.717) is 18.4 Å². The first-order valence-electron chi connectivity index (χ1n) is 4.01. The summed E-state index contributed by atoms with van der Waals surface area (Å²) in [4.78, 5) is 21.4. The highest BCUT2D eigenvalue weighted by Gasteiger charge is 2.32. The molecule has 68 valence electrons. The predicted molar refractivity (Wildman–Crippen MR) is 42.3 cm³/mol. The Morgan fingerprint density at radius 1 is 1.58 bits per heavy atom. The minimum Gasteiger partial charge on any atom is -0.462 e. The Labute approximate surface area is 71.3 Å². The third-order valence-electron chi connectivity index (χ3n) is 2.17. The summed E-state index contributed by atoms with van der Waals surface area (Å²) in [5.74, 6) is -0.221. The van der Waals surface area contributed by atoms with Gasteiger partial charge in [-0.15, -0.1) is 0 Å². The molecule has 1 rings (SSSR count). The van der Waals surface area contributed by atoms with Gasteiger partial charge in [0.1, 0.15) is 0 Å². The number of carbonyl (C=O) groups is 2. The van der Waals surface area contributed by atoms with Crippen molar-refractivity contribution in [2.45, 2.75) is 13.3 Å². The van der Waals surface area contributed by atoms with Crippen molar-refractivity contribution in [1.82, 2.24) is 5.32 Å². The molecule has 0 aromatic rings. The smallest absolute Gasteiger partial charge is 0.396 e. The summed E-state index contributed by atoms with van der Waals surface area (Å²) < 4.78 is 4.24. The van der Waals surface area contributed by atoms with E-state index in [-0.39, 0.29) is 0 Å². The van der Waals surface area contributed by atoms with Gasteiger partial charge in [-0.25, -0.2) is 4.79 Å². The number of methoxy groups -OCH3 is 1. The summed E-state index contributed by atoms with van der Waals surface area (Å²) in [5.41, 5.74) is 0. The Morgan fingerprint density at radius 3 is 2.58 bits per heavy atom. The quantitative estimate of drug-likeness (QED) is 0.467. The summed E-state index contributed by atoms with van der Waals surface area (Å²) in [5, 5.41) is 2.51. The van der Waals surface area contributed by atoms with Crippen LogP contribution in [0, 0.1) is 11.8 Å². The molecule has 1 fully saturated rings. The first kappa shape index (κ1) is 9.03. The van der Waals surface area contributed by atoms with E-state index in [9.17, 15) is 9.59 Å². The summed E-state index contributed by atoms with van der Waals surface area (Å²) >= 11 is 0. The number of hydrogen-bond acceptors (Lipinski definition) is 3. The molecule has 1 amide bonds. The molecule has 1 aliphatic rings. The maximum absolute atomic E-state index is 10.8. The van der Waals surface area contributed by atoms with E-state index in [1.165, 1.54) is 7.11 Å². The lowest BCUT2D eigenvalue weighted by Gasteiger charge is -2.01. The molecule has 1 N–H and O–H groups in total. The molecule has 0 heterocycles. The van der Waals surface area contributed by atoms with Crippen molar-refractivity contribution in [3.63, 3.8) is 0 Å². The topological polar surface area (TPSA) is 55.4 Å². The minimum atomic E-state index is -0.816. The third kappa shape index (κ3) is 2.22. The number of amides is 1. The van der Waals surface area contributed by atoms with E-state index in [1.807, 2.05) is 0 Å². The standard InChI is InChI=1S/C8H13NO3/c1-5-3-6(5)4-9-7(10)8(11)12-2/h5-6H,3-4H2,1-2H3,(H,9,10). The van der Waals surface area contributed by atoms with Crippen LogP contribution in [-0.2, 0) is 14.3 Å². The normalized spacial score (nSPS) is 26.2. The van der Waals surface area contributed by atoms with Crippen molar-refractivity contribution in [3.8, 4) is 0 Å². The summed E-state index contributed by atoms with van der Waals surface area (Å²) in [6.45, 7) is 2.71. The van der Waals surface area contributed by atoms with Crippen molar-refractivity contribution in [2.24, 2.45) is 11.8 Å². The van der Waals surface area contributed by atoms with Gasteiger partial charge in [0.15, 0.2) is 0 Å². The predicted octanol–water partition coefficient (Wildman–Crippen LogP) is -0.0684. The molecule has 1 aliphatic carbocycles. The van der Waals surface area contributed by atoms with Gasteiger partial charge in [0.25, 0.3) is 0 Å². The van der Waals surface area contributed by atoms with Crippen LogP contribution in [-0.4, -0.2) is 25.5 Å². The fraction of sp³-hybridized carbons (Fsp3) is 0.750. The molecule has 0 bridgehead atoms. The van der Waals surface area contributed by atoms with Gasteiger partial charge < -0.3 is 10.1 Å². The van der Waals surface area contributed by atoms with E-state index >= 15 is 0 Å². The average Bonchev–Trinajstić information content (AvgIpc) is 2.76. The molecule has 4 heteroatoms. The molecule has 1 saturated carbocycles. The van der Waals surface area contributed by atoms with Gasteiger partial charge >= 0.3 is 11.9 Å². The van der Waals surface area contributed by atoms with Gasteiger partial charge in [0, 0.05) is 6.54 Å². The largest absolute Gasteiger partial charge is 0.462 e. The first-order valence-corrected chi connectivity index (χ1v) is 4.01. The van der Waals surface area contributed by atoms with E-state index in [1.54, 1.807) is 0 Å². The maximum atomic E-state index is 10.8. The number of rotatable bonds is 2. The van der Waals surface area contributed by atoms with Gasteiger partial charge in [-0.3, -0.25) is 4.79 Å². The molecule has 0 aliphatic heterocycles. The molecule has 0 spiro atoms. The van der Waals surface area contributed by atoms with E-state index in [2.05, 4.69) is 17.0 Å². The molecule has 0 saturated heterocycles. The zero-order chi connectivity index (χ0) is 9.14. The molecule has 2 unspecified atom stereocenters. The Balaban J connectivity index is 2.14. The summed E-state index contributed by atoms with van der Waals surface area (Å²) in [6.07, 6.45) is 1.14. The minimum absolute atomic E-state index is 0.554. The van der Waals surface area contributed by atoms with Crippen molar-refractivity contribution in [2.75, 3.05) is 13.7 Å². The zero-order valence-corrected chi connectivity index (χ0v) is 7.29. The van der Waals surface area contributed by atoms with Crippen molar-refractivity contribution >= 4 is 11.9 Å². The van der Waals surface area contributed by atoms with Crippen LogP contribution < -0.4 is 5.32 Å². The van der Waals surface area contributed by atoms with E-state index in [4.69, 9.17) is 0 Å². The van der Waals surface area contributed by atoms with Gasteiger partial charge in [-0.1, -0.05) is 6.92 Å². The van der Waals surface area contributed by atoms with Crippen LogP contribution in [0.15, 0.2) is 0 Å². The van der Waals surface area contributed by atoms with Crippen molar-refractivity contribution in [3.05, 3.63) is 0 Å². The van der Waals surface area contributed by atoms with Crippen LogP contribution in [0.3, 0.4) is 0 Å². The number of ether oxygens (including phenoxy) is 1. The molecule has 12 heavy (non-hydrogen) atoms. The molecular formula is C8H13NO3. The van der Waals surface area contributed by atoms with Crippen LogP contribution in [0.4, 0.5) is 0 Å². The van der Waals surface area contributed by atoms with Crippen molar-refractivity contribution < 1.29 is 14.3 Å². The fourth-order valence-electron chi connectivity index (χ4n) is 1.07. The van der Waals surface area contributed by atoms with Gasteiger partial charge in [-0.2, -0.15) is 0 Å². The lowest BCUT2D eigenvalue weighted by atomic mass is 10.3. The third-order valence-corrected chi connectivity index (χ3v) is 2.17. The van der Waals surface area contributed by atoms with Crippen molar-refractivity contribution in [1.29, 1.82) is 0 Å². The van der Waals surface area contributed by atoms with Crippen LogP contribution in [0.1, 0.15) is 13.3 Å². The second-order valence-corrected chi connectivity index (χ2v) is 3.17. The van der Waals surface area contributed by atoms with Crippen LogP contribution in [0.5, 0.6) is 0 Å². The highest BCUT2D eigenvalue weighted by molar-refractivity contribution is 6.32. The van der Waals surface area contributed by atoms with Crippen LogP contribution in [0.2, 0.25) is 0 Å². The molecule has 0 radical (unpaired) electrons. The van der Waals surface area contributed by atoms with E-state index < -0.39 is 11.9 Å². The number of hydrogen-bond donors (Lipinski definition) is 1. The number of esters is 1. The van der Waals surface area contributed by atoms with Gasteiger partial charge in [0.2, 0.25) is 0 Å². The second-order valence-electron chi connectivity index (χ2n) is 3.17. The fourth-order valence-corrected chi connectivity index (χ4v) is 1.07. The van der Waals surface area contributed by atoms with Gasteiger partial charge in [0.05, 0.1) is 7.11 Å². The SMILES string of the molecule is COC(=O)C(=O)NCC1CC1C. The van der Waals surface area contributed by atoms with E-state index in [0.717, 1.165) is 6.42 Å². The Bertz CT molecular complexity index is 202. The van der Waals surface area contributed by atoms with Gasteiger partial charge in [-0.05, 0) is 18.3 Å². The zero-order valence-electron chi connectivity index (χ0n) is 7.29. The maximum Gasteiger partial charge on any atom is 0.396 e. The number of nitrogens with one attached hydrogen (secondary N) is 1. The molecule has 4 nitrogen and oxygen atoms in total. The lowest BCUT2D eigenvalue weighted by molar-refractivity contribution is -0.152. The monoisotopic (exact) mass is 171 g/mol. The lowest BCUT2D eigenvalue weighted by Crippen LogP contribution is -2.33. The Morgan fingerprint density at radius 2 is 2.17 bits per heavy atom. The molecular weight excluding hydrogens is 158 g/mol.